The monoisotopic (exact) mass is 441 g/mol. The van der Waals surface area contributed by atoms with Gasteiger partial charge in [0.15, 0.2) is 11.9 Å². The van der Waals surface area contributed by atoms with Crippen molar-refractivity contribution in [3.8, 4) is 0 Å². The van der Waals surface area contributed by atoms with E-state index in [1.807, 2.05) is 6.07 Å². The Hall–Kier alpha value is -3.63. The van der Waals surface area contributed by atoms with Crippen LogP contribution in [-0.4, -0.2) is 35.5 Å². The zero-order chi connectivity index (χ0) is 23.3. The van der Waals surface area contributed by atoms with Crippen LogP contribution in [0.2, 0.25) is 0 Å². The third kappa shape index (κ3) is 4.23. The predicted molar refractivity (Wildman–Crippen MR) is 116 cm³/mol. The molecule has 0 heterocycles. The minimum Gasteiger partial charge on any atom is -0.375 e. The molecular weight excluding hydrogens is 418 g/mol. The second-order valence-corrected chi connectivity index (χ2v) is 7.19. The lowest BCUT2D eigenvalue weighted by Gasteiger charge is -2.44. The summed E-state index contributed by atoms with van der Waals surface area (Å²) in [6, 6.07) is 10.1. The number of hydrogen-bond acceptors (Lipinski definition) is 8. The molecule has 1 aliphatic rings. The van der Waals surface area contributed by atoms with Gasteiger partial charge >= 0.3 is 0 Å². The average molecular weight is 441 g/mol. The van der Waals surface area contributed by atoms with Crippen LogP contribution in [-0.2, 0) is 19.9 Å². The molecule has 10 heteroatoms. The minimum absolute atomic E-state index is 0.126. The van der Waals surface area contributed by atoms with Gasteiger partial charge in [-0.05, 0) is 24.1 Å². The van der Waals surface area contributed by atoms with Crippen LogP contribution >= 0.6 is 0 Å². The van der Waals surface area contributed by atoms with Gasteiger partial charge in [0.25, 0.3) is 11.4 Å². The van der Waals surface area contributed by atoms with Crippen molar-refractivity contribution in [2.45, 2.75) is 31.1 Å². The molecule has 0 bridgehead atoms. The van der Waals surface area contributed by atoms with Crippen molar-refractivity contribution in [3.05, 3.63) is 86.5 Å². The number of rotatable bonds is 10. The van der Waals surface area contributed by atoms with Crippen LogP contribution < -0.4 is 5.32 Å². The molecule has 1 unspecified atom stereocenters. The fraction of sp³-hybridized carbons (Fsp3) is 0.318. The lowest BCUT2D eigenvalue weighted by atomic mass is 9.75. The maximum absolute atomic E-state index is 12.3. The summed E-state index contributed by atoms with van der Waals surface area (Å²) in [5.41, 5.74) is -0.728. The van der Waals surface area contributed by atoms with Gasteiger partial charge in [-0.1, -0.05) is 30.3 Å². The van der Waals surface area contributed by atoms with Gasteiger partial charge in [-0.15, -0.1) is 6.58 Å². The minimum atomic E-state index is -1.36. The SMILES string of the molecule is C=CCO[C@]1(C=O)c2ccccc2C(Nc2ccc([N+](=O)[O-])cc2[N+](=O)[O-])C[C@@H]1OCC. The molecule has 2 aromatic rings. The highest BCUT2D eigenvalue weighted by atomic mass is 16.6. The van der Waals surface area contributed by atoms with Crippen molar-refractivity contribution in [2.24, 2.45) is 0 Å². The quantitative estimate of drug-likeness (QED) is 0.252. The van der Waals surface area contributed by atoms with Crippen LogP contribution in [0.5, 0.6) is 0 Å². The van der Waals surface area contributed by atoms with E-state index in [1.165, 1.54) is 12.1 Å². The molecule has 0 fully saturated rings. The Balaban J connectivity index is 2.08. The Morgan fingerprint density at radius 2 is 1.97 bits per heavy atom. The Kier molecular flexibility index (Phi) is 6.96. The Morgan fingerprint density at radius 1 is 1.22 bits per heavy atom. The van der Waals surface area contributed by atoms with Gasteiger partial charge < -0.3 is 14.8 Å². The third-order valence-corrected chi connectivity index (χ3v) is 5.39. The normalized spacial score (nSPS) is 21.9. The summed E-state index contributed by atoms with van der Waals surface area (Å²) in [5, 5.41) is 25.7. The number of aldehydes is 1. The van der Waals surface area contributed by atoms with E-state index in [4.69, 9.17) is 9.47 Å². The van der Waals surface area contributed by atoms with Crippen LogP contribution in [0.3, 0.4) is 0 Å². The van der Waals surface area contributed by atoms with Crippen LogP contribution in [0.4, 0.5) is 17.1 Å². The van der Waals surface area contributed by atoms with Gasteiger partial charge in [-0.25, -0.2) is 0 Å². The van der Waals surface area contributed by atoms with Crippen molar-refractivity contribution in [1.82, 2.24) is 0 Å². The molecule has 0 radical (unpaired) electrons. The molecule has 0 saturated heterocycles. The van der Waals surface area contributed by atoms with Crippen molar-refractivity contribution < 1.29 is 24.1 Å². The molecule has 0 aliphatic heterocycles. The highest BCUT2D eigenvalue weighted by molar-refractivity contribution is 5.71. The number of nitro groups is 2. The predicted octanol–water partition coefficient (Wildman–Crippen LogP) is 4.06. The number of benzene rings is 2. The molecule has 168 valence electrons. The second kappa shape index (κ2) is 9.67. The molecule has 1 aliphatic carbocycles. The molecule has 3 rings (SSSR count). The number of anilines is 1. The number of carbonyl (C=O) groups is 1. The average Bonchev–Trinajstić information content (AvgIpc) is 2.79. The van der Waals surface area contributed by atoms with E-state index < -0.39 is 33.3 Å². The number of non-ortho nitro benzene ring substituents is 1. The van der Waals surface area contributed by atoms with E-state index in [0.717, 1.165) is 12.4 Å². The third-order valence-electron chi connectivity index (χ3n) is 5.39. The summed E-state index contributed by atoms with van der Waals surface area (Å²) < 4.78 is 11.8. The van der Waals surface area contributed by atoms with Crippen molar-refractivity contribution in [2.75, 3.05) is 18.5 Å². The van der Waals surface area contributed by atoms with Crippen LogP contribution in [0.1, 0.15) is 30.5 Å². The van der Waals surface area contributed by atoms with E-state index in [2.05, 4.69) is 11.9 Å². The molecule has 0 aromatic heterocycles. The van der Waals surface area contributed by atoms with E-state index in [-0.39, 0.29) is 24.4 Å². The van der Waals surface area contributed by atoms with E-state index in [9.17, 15) is 25.0 Å². The Bertz CT molecular complexity index is 1040. The zero-order valence-electron chi connectivity index (χ0n) is 17.4. The van der Waals surface area contributed by atoms with Crippen LogP contribution in [0.15, 0.2) is 55.1 Å². The topological polar surface area (TPSA) is 134 Å². The lowest BCUT2D eigenvalue weighted by molar-refractivity contribution is -0.393. The highest BCUT2D eigenvalue weighted by Crippen LogP contribution is 2.45. The maximum Gasteiger partial charge on any atom is 0.299 e. The fourth-order valence-electron chi connectivity index (χ4n) is 4.01. The molecule has 0 amide bonds. The smallest absolute Gasteiger partial charge is 0.299 e. The summed E-state index contributed by atoms with van der Waals surface area (Å²) in [6.45, 7) is 5.90. The number of ether oxygens (including phenoxy) is 2. The molecule has 32 heavy (non-hydrogen) atoms. The molecule has 10 nitrogen and oxygen atoms in total. The molecule has 3 atom stereocenters. The van der Waals surface area contributed by atoms with E-state index in [1.54, 1.807) is 31.2 Å². The summed E-state index contributed by atoms with van der Waals surface area (Å²) in [7, 11) is 0. The summed E-state index contributed by atoms with van der Waals surface area (Å²) in [5.74, 6) is 0. The molecule has 2 aromatic carbocycles. The van der Waals surface area contributed by atoms with Gasteiger partial charge in [0.2, 0.25) is 0 Å². The van der Waals surface area contributed by atoms with Gasteiger partial charge in [0.1, 0.15) is 5.69 Å². The number of carbonyl (C=O) groups excluding carboxylic acids is 1. The van der Waals surface area contributed by atoms with E-state index >= 15 is 0 Å². The van der Waals surface area contributed by atoms with Crippen molar-refractivity contribution >= 4 is 23.3 Å². The maximum atomic E-state index is 12.3. The fourth-order valence-corrected chi connectivity index (χ4v) is 4.01. The number of nitrogens with zero attached hydrogens (tertiary/aromatic N) is 2. The Labute approximate surface area is 184 Å². The first-order valence-electron chi connectivity index (χ1n) is 9.99. The van der Waals surface area contributed by atoms with Crippen LogP contribution in [0.25, 0.3) is 0 Å². The first-order chi connectivity index (χ1) is 15.4. The zero-order valence-corrected chi connectivity index (χ0v) is 17.4. The van der Waals surface area contributed by atoms with Gasteiger partial charge in [-0.3, -0.25) is 25.0 Å². The first kappa shape index (κ1) is 23.0. The highest BCUT2D eigenvalue weighted by Gasteiger charge is 2.49. The summed E-state index contributed by atoms with van der Waals surface area (Å²) in [4.78, 5) is 33.6. The molecule has 0 saturated carbocycles. The summed E-state index contributed by atoms with van der Waals surface area (Å²) in [6.07, 6.45) is 1.87. The standard InChI is InChI=1S/C22H23N3O7/c1-3-11-32-22(14-26)17-8-6-5-7-16(17)19(13-21(22)31-4-2)23-18-10-9-15(24(27)28)12-20(18)25(29)30/h3,5-10,12,14,19,21,23H,1,4,11,13H2,2H3/t19?,21-,22+/m0/s1. The van der Waals surface area contributed by atoms with Gasteiger partial charge in [-0.2, -0.15) is 0 Å². The molecule has 1 N–H and O–H groups in total. The number of hydrogen-bond donors (Lipinski definition) is 1. The molecular formula is C22H23N3O7. The number of nitro benzene ring substituents is 2. The largest absolute Gasteiger partial charge is 0.375 e. The molecule has 0 spiro atoms. The van der Waals surface area contributed by atoms with Crippen molar-refractivity contribution in [1.29, 1.82) is 0 Å². The van der Waals surface area contributed by atoms with Crippen LogP contribution in [0, 0.1) is 20.2 Å². The number of fused-ring (bicyclic) bond motifs is 1. The van der Waals surface area contributed by atoms with E-state index in [0.29, 0.717) is 17.7 Å². The van der Waals surface area contributed by atoms with Gasteiger partial charge in [0, 0.05) is 19.1 Å². The Morgan fingerprint density at radius 3 is 2.59 bits per heavy atom. The second-order valence-electron chi connectivity index (χ2n) is 7.19. The number of nitrogens with one attached hydrogen (secondary N) is 1. The lowest BCUT2D eigenvalue weighted by Crippen LogP contribution is -2.50. The van der Waals surface area contributed by atoms with Gasteiger partial charge in [0.05, 0.1) is 34.7 Å². The van der Waals surface area contributed by atoms with Crippen molar-refractivity contribution in [3.63, 3.8) is 0 Å². The first-order valence-corrected chi connectivity index (χ1v) is 9.99. The summed E-state index contributed by atoms with van der Waals surface area (Å²) >= 11 is 0.